The van der Waals surface area contributed by atoms with Crippen LogP contribution in [0.2, 0.25) is 0 Å². The average molecular weight is 381 g/mol. The lowest BCUT2D eigenvalue weighted by Crippen LogP contribution is -2.31. The highest BCUT2D eigenvalue weighted by Crippen LogP contribution is 2.22. The molecule has 0 saturated heterocycles. The Bertz CT molecular complexity index is 792. The molecule has 1 N–H and O–H groups in total. The van der Waals surface area contributed by atoms with Gasteiger partial charge in [-0.15, -0.1) is 0 Å². The molecule has 1 atom stereocenters. The minimum absolute atomic E-state index is 0.0140. The lowest BCUT2D eigenvalue weighted by atomic mass is 9.98. The topological polar surface area (TPSA) is 64.6 Å². The summed E-state index contributed by atoms with van der Waals surface area (Å²) >= 11 is 0. The molecule has 0 heterocycles. The number of nitrogens with one attached hydrogen (secondary N) is 1. The zero-order chi connectivity index (χ0) is 19.9. The molecule has 5 nitrogen and oxygen atoms in total. The molecule has 0 aromatic heterocycles. The molecule has 0 aliphatic heterocycles. The normalized spacial score (nSPS) is 15.5. The van der Waals surface area contributed by atoms with Gasteiger partial charge in [0.2, 0.25) is 0 Å². The van der Waals surface area contributed by atoms with Gasteiger partial charge in [0.05, 0.1) is 0 Å². The van der Waals surface area contributed by atoms with E-state index < -0.39 is 6.10 Å². The van der Waals surface area contributed by atoms with E-state index in [1.54, 1.807) is 31.2 Å². The van der Waals surface area contributed by atoms with Crippen LogP contribution < -0.4 is 10.1 Å². The van der Waals surface area contributed by atoms with E-state index in [2.05, 4.69) is 5.32 Å². The standard InChI is InChI=1S/C23H27NO4/c1-16-8-12-19(13-9-16)24-22(25)18-10-14-21(15-11-18)27-17(2)23(26)28-20-6-4-3-5-7-20/h8-15,17,20H,3-7H2,1-2H3,(H,24,25)/t17-/m0/s1. The van der Waals surface area contributed by atoms with Crippen LogP contribution in [0.3, 0.4) is 0 Å². The molecule has 3 rings (SSSR count). The summed E-state index contributed by atoms with van der Waals surface area (Å²) in [7, 11) is 0. The van der Waals surface area contributed by atoms with Crippen molar-refractivity contribution in [1.82, 2.24) is 0 Å². The van der Waals surface area contributed by atoms with Gasteiger partial charge in [0, 0.05) is 11.3 Å². The van der Waals surface area contributed by atoms with Crippen molar-refractivity contribution in [1.29, 1.82) is 0 Å². The molecule has 1 aliphatic rings. The molecular formula is C23H27NO4. The summed E-state index contributed by atoms with van der Waals surface area (Å²) in [6.07, 6.45) is 4.63. The molecule has 0 spiro atoms. The molecule has 1 amide bonds. The molecule has 0 unspecified atom stereocenters. The van der Waals surface area contributed by atoms with Crippen molar-refractivity contribution in [3.8, 4) is 5.75 Å². The minimum atomic E-state index is -0.686. The molecule has 2 aromatic carbocycles. The van der Waals surface area contributed by atoms with Gasteiger partial charge >= 0.3 is 5.97 Å². The Hall–Kier alpha value is -2.82. The van der Waals surface area contributed by atoms with Crippen molar-refractivity contribution >= 4 is 17.6 Å². The Morgan fingerprint density at radius 2 is 1.61 bits per heavy atom. The number of hydrogen-bond acceptors (Lipinski definition) is 4. The van der Waals surface area contributed by atoms with Crippen molar-refractivity contribution in [2.45, 2.75) is 58.2 Å². The Kier molecular flexibility index (Phi) is 6.69. The maximum absolute atomic E-state index is 12.3. The summed E-state index contributed by atoms with van der Waals surface area (Å²) in [5.41, 5.74) is 2.40. The highest BCUT2D eigenvalue weighted by molar-refractivity contribution is 6.04. The predicted molar refractivity (Wildman–Crippen MR) is 109 cm³/mol. The SMILES string of the molecule is Cc1ccc(NC(=O)c2ccc(O[C@@H](C)C(=O)OC3CCCCC3)cc2)cc1. The Morgan fingerprint density at radius 3 is 2.25 bits per heavy atom. The monoisotopic (exact) mass is 381 g/mol. The number of ether oxygens (including phenoxy) is 2. The second kappa shape index (κ2) is 9.40. The maximum Gasteiger partial charge on any atom is 0.347 e. The van der Waals surface area contributed by atoms with Crippen LogP contribution in [0, 0.1) is 6.92 Å². The molecular weight excluding hydrogens is 354 g/mol. The number of carbonyl (C=O) groups excluding carboxylic acids is 2. The molecule has 28 heavy (non-hydrogen) atoms. The summed E-state index contributed by atoms with van der Waals surface area (Å²) in [4.78, 5) is 24.5. The van der Waals surface area contributed by atoms with E-state index in [1.165, 1.54) is 6.42 Å². The second-order valence-electron chi connectivity index (χ2n) is 7.30. The predicted octanol–water partition coefficient (Wildman–Crippen LogP) is 4.89. The summed E-state index contributed by atoms with van der Waals surface area (Å²) in [6.45, 7) is 3.68. The van der Waals surface area contributed by atoms with Crippen molar-refractivity contribution < 1.29 is 19.1 Å². The lowest BCUT2D eigenvalue weighted by molar-refractivity contribution is -0.158. The largest absolute Gasteiger partial charge is 0.479 e. The smallest absolute Gasteiger partial charge is 0.347 e. The number of aryl methyl sites for hydroxylation is 1. The first-order valence-electron chi connectivity index (χ1n) is 9.86. The average Bonchev–Trinajstić information content (AvgIpc) is 2.71. The van der Waals surface area contributed by atoms with Crippen LogP contribution in [-0.4, -0.2) is 24.1 Å². The molecule has 148 valence electrons. The van der Waals surface area contributed by atoms with Crippen molar-refractivity contribution in [2.24, 2.45) is 0 Å². The number of esters is 1. The van der Waals surface area contributed by atoms with E-state index in [0.717, 1.165) is 36.9 Å². The third kappa shape index (κ3) is 5.59. The van der Waals surface area contributed by atoms with Gasteiger partial charge in [-0.25, -0.2) is 4.79 Å². The van der Waals surface area contributed by atoms with E-state index in [4.69, 9.17) is 9.47 Å². The number of carbonyl (C=O) groups is 2. The second-order valence-corrected chi connectivity index (χ2v) is 7.30. The highest BCUT2D eigenvalue weighted by atomic mass is 16.6. The molecule has 2 aromatic rings. The quantitative estimate of drug-likeness (QED) is 0.724. The Balaban J connectivity index is 1.52. The molecule has 0 bridgehead atoms. The van der Waals surface area contributed by atoms with Gasteiger partial charge in [0.15, 0.2) is 6.10 Å². The molecule has 0 radical (unpaired) electrons. The summed E-state index contributed by atoms with van der Waals surface area (Å²) in [6, 6.07) is 14.4. The van der Waals surface area contributed by atoms with E-state index >= 15 is 0 Å². The van der Waals surface area contributed by atoms with Crippen LogP contribution in [0.15, 0.2) is 48.5 Å². The van der Waals surface area contributed by atoms with Crippen LogP contribution >= 0.6 is 0 Å². The number of anilines is 1. The first-order chi connectivity index (χ1) is 13.5. The first kappa shape index (κ1) is 19.9. The third-order valence-electron chi connectivity index (χ3n) is 4.91. The summed E-state index contributed by atoms with van der Waals surface area (Å²) < 4.78 is 11.2. The number of benzene rings is 2. The zero-order valence-electron chi connectivity index (χ0n) is 16.4. The van der Waals surface area contributed by atoms with Crippen LogP contribution in [-0.2, 0) is 9.53 Å². The summed E-state index contributed by atoms with van der Waals surface area (Å²) in [5, 5.41) is 2.86. The van der Waals surface area contributed by atoms with E-state index in [-0.39, 0.29) is 18.0 Å². The van der Waals surface area contributed by atoms with E-state index in [0.29, 0.717) is 11.3 Å². The first-order valence-corrected chi connectivity index (χ1v) is 9.86. The lowest BCUT2D eigenvalue weighted by Gasteiger charge is -2.23. The number of hydrogen-bond donors (Lipinski definition) is 1. The fraction of sp³-hybridized carbons (Fsp3) is 0.391. The van der Waals surface area contributed by atoms with Crippen LogP contribution in [0.4, 0.5) is 5.69 Å². The molecule has 1 fully saturated rings. The van der Waals surface area contributed by atoms with Gasteiger partial charge in [-0.3, -0.25) is 4.79 Å². The van der Waals surface area contributed by atoms with Gasteiger partial charge in [0.1, 0.15) is 11.9 Å². The van der Waals surface area contributed by atoms with E-state index in [9.17, 15) is 9.59 Å². The van der Waals surface area contributed by atoms with Gasteiger partial charge < -0.3 is 14.8 Å². The number of amides is 1. The van der Waals surface area contributed by atoms with Gasteiger partial charge in [-0.2, -0.15) is 0 Å². The number of rotatable bonds is 6. The fourth-order valence-corrected chi connectivity index (χ4v) is 3.22. The van der Waals surface area contributed by atoms with Crippen LogP contribution in [0.25, 0.3) is 0 Å². The van der Waals surface area contributed by atoms with Crippen molar-refractivity contribution in [3.63, 3.8) is 0 Å². The van der Waals surface area contributed by atoms with Crippen LogP contribution in [0.1, 0.15) is 54.9 Å². The fourth-order valence-electron chi connectivity index (χ4n) is 3.22. The highest BCUT2D eigenvalue weighted by Gasteiger charge is 2.23. The van der Waals surface area contributed by atoms with Crippen LogP contribution in [0.5, 0.6) is 5.75 Å². The minimum Gasteiger partial charge on any atom is -0.479 e. The van der Waals surface area contributed by atoms with Gasteiger partial charge in [-0.05, 0) is 75.9 Å². The third-order valence-corrected chi connectivity index (χ3v) is 4.91. The molecule has 1 saturated carbocycles. The molecule has 1 aliphatic carbocycles. The zero-order valence-corrected chi connectivity index (χ0v) is 16.4. The van der Waals surface area contributed by atoms with Gasteiger partial charge in [-0.1, -0.05) is 24.1 Å². The van der Waals surface area contributed by atoms with Crippen molar-refractivity contribution in [3.05, 3.63) is 59.7 Å². The Labute approximate surface area is 166 Å². The van der Waals surface area contributed by atoms with Crippen molar-refractivity contribution in [2.75, 3.05) is 5.32 Å². The van der Waals surface area contributed by atoms with E-state index in [1.807, 2.05) is 31.2 Å². The van der Waals surface area contributed by atoms with Gasteiger partial charge in [0.25, 0.3) is 5.91 Å². The Morgan fingerprint density at radius 1 is 0.964 bits per heavy atom. The molecule has 5 heteroatoms. The summed E-state index contributed by atoms with van der Waals surface area (Å²) in [5.74, 6) is -0.00627. The maximum atomic E-state index is 12.3.